The summed E-state index contributed by atoms with van der Waals surface area (Å²) in [7, 11) is 0. The van der Waals surface area contributed by atoms with Gasteiger partial charge in [0.2, 0.25) is 11.0 Å². The summed E-state index contributed by atoms with van der Waals surface area (Å²) in [6, 6.07) is 7.77. The van der Waals surface area contributed by atoms with Crippen molar-refractivity contribution in [3.8, 4) is 0 Å². The van der Waals surface area contributed by atoms with Crippen molar-refractivity contribution in [3.63, 3.8) is 0 Å². The number of nitrogens with zero attached hydrogens (tertiary/aromatic N) is 2. The summed E-state index contributed by atoms with van der Waals surface area (Å²) in [5, 5.41) is 12.5. The Morgan fingerprint density at radius 2 is 2.08 bits per heavy atom. The zero-order valence-electron chi connectivity index (χ0n) is 12.8. The number of carbonyl (C=O) groups excluding carboxylic acids is 1. The van der Waals surface area contributed by atoms with Gasteiger partial charge < -0.3 is 5.32 Å². The van der Waals surface area contributed by atoms with E-state index in [1.807, 2.05) is 24.3 Å². The standard InChI is InChI=1S/C17H16ClN3OS2/c18-13-5-2-10(3-6-13)9-23-17-21-20-16(24-17)19-15(22)14-8-11-1-4-12(14)7-11/h1-6,11-12,14H,7-9H2,(H,19,20,22)/t11-,12-,14-/m0/s1. The second-order valence-electron chi connectivity index (χ2n) is 6.16. The van der Waals surface area contributed by atoms with Crippen molar-refractivity contribution in [2.75, 3.05) is 5.32 Å². The Morgan fingerprint density at radius 3 is 2.79 bits per heavy atom. The number of anilines is 1. The third-order valence-corrected chi connectivity index (χ3v) is 6.82. The molecule has 0 radical (unpaired) electrons. The van der Waals surface area contributed by atoms with E-state index in [1.165, 1.54) is 16.9 Å². The molecule has 1 heterocycles. The molecule has 124 valence electrons. The van der Waals surface area contributed by atoms with E-state index in [0.717, 1.165) is 28.0 Å². The van der Waals surface area contributed by atoms with Crippen LogP contribution in [0, 0.1) is 17.8 Å². The van der Waals surface area contributed by atoms with E-state index in [1.54, 1.807) is 11.8 Å². The van der Waals surface area contributed by atoms with Gasteiger partial charge in [-0.25, -0.2) is 0 Å². The first-order valence-electron chi connectivity index (χ1n) is 7.87. The Bertz CT molecular complexity index is 774. The van der Waals surface area contributed by atoms with Gasteiger partial charge in [0.1, 0.15) is 0 Å². The molecule has 2 aromatic rings. The molecule has 1 aromatic heterocycles. The van der Waals surface area contributed by atoms with E-state index >= 15 is 0 Å². The van der Waals surface area contributed by atoms with E-state index in [4.69, 9.17) is 11.6 Å². The minimum absolute atomic E-state index is 0.0808. The molecule has 1 aromatic carbocycles. The van der Waals surface area contributed by atoms with Gasteiger partial charge in [0, 0.05) is 16.7 Å². The molecule has 2 aliphatic carbocycles. The van der Waals surface area contributed by atoms with Crippen molar-refractivity contribution in [2.45, 2.75) is 22.9 Å². The fourth-order valence-corrected chi connectivity index (χ4v) is 5.16. The van der Waals surface area contributed by atoms with Crippen molar-refractivity contribution in [1.82, 2.24) is 10.2 Å². The molecule has 2 aliphatic rings. The van der Waals surface area contributed by atoms with E-state index in [-0.39, 0.29) is 11.8 Å². The zero-order chi connectivity index (χ0) is 16.5. The lowest BCUT2D eigenvalue weighted by atomic mass is 9.93. The highest BCUT2D eigenvalue weighted by molar-refractivity contribution is 8.00. The van der Waals surface area contributed by atoms with Crippen LogP contribution in [0.4, 0.5) is 5.13 Å². The average Bonchev–Trinajstić information content (AvgIpc) is 3.31. The van der Waals surface area contributed by atoms with Crippen LogP contribution in [0.3, 0.4) is 0 Å². The fraction of sp³-hybridized carbons (Fsp3) is 0.353. The van der Waals surface area contributed by atoms with Gasteiger partial charge in [-0.15, -0.1) is 10.2 Å². The second kappa shape index (κ2) is 6.86. The first kappa shape index (κ1) is 16.1. The van der Waals surface area contributed by atoms with Crippen LogP contribution < -0.4 is 5.32 Å². The lowest BCUT2D eigenvalue weighted by molar-refractivity contribution is -0.120. The van der Waals surface area contributed by atoms with Crippen LogP contribution in [0.1, 0.15) is 18.4 Å². The summed E-state index contributed by atoms with van der Waals surface area (Å²) in [6.45, 7) is 0. The smallest absolute Gasteiger partial charge is 0.229 e. The van der Waals surface area contributed by atoms with Gasteiger partial charge >= 0.3 is 0 Å². The molecule has 7 heteroatoms. The maximum absolute atomic E-state index is 12.4. The van der Waals surface area contributed by atoms with Gasteiger partial charge in [0.05, 0.1) is 0 Å². The number of benzene rings is 1. The molecular formula is C17H16ClN3OS2. The number of amides is 1. The quantitative estimate of drug-likeness (QED) is 0.468. The Kier molecular flexibility index (Phi) is 4.61. The average molecular weight is 378 g/mol. The summed E-state index contributed by atoms with van der Waals surface area (Å²) >= 11 is 8.92. The molecule has 4 rings (SSSR count). The molecule has 4 nitrogen and oxygen atoms in total. The van der Waals surface area contributed by atoms with Gasteiger partial charge in [0.15, 0.2) is 4.34 Å². The normalized spacial score (nSPS) is 24.5. The van der Waals surface area contributed by atoms with Gasteiger partial charge in [-0.3, -0.25) is 4.79 Å². The molecule has 1 fully saturated rings. The monoisotopic (exact) mass is 377 g/mol. The second-order valence-corrected chi connectivity index (χ2v) is 8.80. The van der Waals surface area contributed by atoms with Gasteiger partial charge in [0.25, 0.3) is 0 Å². The highest BCUT2D eigenvalue weighted by atomic mass is 35.5. The fourth-order valence-electron chi connectivity index (χ4n) is 3.32. The van der Waals surface area contributed by atoms with Crippen LogP contribution in [0.5, 0.6) is 0 Å². The predicted molar refractivity (Wildman–Crippen MR) is 98.4 cm³/mol. The molecule has 1 amide bonds. The number of rotatable bonds is 5. The number of nitrogens with one attached hydrogen (secondary N) is 1. The topological polar surface area (TPSA) is 54.9 Å². The molecular weight excluding hydrogens is 362 g/mol. The number of hydrogen-bond donors (Lipinski definition) is 1. The molecule has 0 saturated heterocycles. The Hall–Kier alpha value is -1.37. The Labute approximate surface area is 153 Å². The van der Waals surface area contributed by atoms with Crippen molar-refractivity contribution >= 4 is 45.7 Å². The summed E-state index contributed by atoms with van der Waals surface area (Å²) < 4.78 is 0.855. The molecule has 3 atom stereocenters. The number of halogens is 1. The summed E-state index contributed by atoms with van der Waals surface area (Å²) in [5.74, 6) is 1.97. The van der Waals surface area contributed by atoms with Crippen LogP contribution in [-0.4, -0.2) is 16.1 Å². The van der Waals surface area contributed by atoms with E-state index in [0.29, 0.717) is 17.0 Å². The number of allylic oxidation sites excluding steroid dienone is 2. The van der Waals surface area contributed by atoms with Gasteiger partial charge in [-0.05, 0) is 42.4 Å². The zero-order valence-corrected chi connectivity index (χ0v) is 15.2. The van der Waals surface area contributed by atoms with Crippen LogP contribution in [0.15, 0.2) is 40.8 Å². The lowest BCUT2D eigenvalue weighted by Gasteiger charge is -2.16. The van der Waals surface area contributed by atoms with Crippen molar-refractivity contribution in [2.24, 2.45) is 17.8 Å². The molecule has 1 N–H and O–H groups in total. The largest absolute Gasteiger partial charge is 0.300 e. The third kappa shape index (κ3) is 3.50. The molecule has 1 saturated carbocycles. The van der Waals surface area contributed by atoms with Crippen LogP contribution in [-0.2, 0) is 10.5 Å². The number of carbonyl (C=O) groups is 1. The number of aromatic nitrogens is 2. The number of fused-ring (bicyclic) bond motifs is 2. The van der Waals surface area contributed by atoms with E-state index in [2.05, 4.69) is 27.7 Å². The summed E-state index contributed by atoms with van der Waals surface area (Å²) in [4.78, 5) is 12.4. The SMILES string of the molecule is O=C(Nc1nnc(SCc2ccc(Cl)cc2)s1)[C@H]1C[C@H]2C=C[C@H]1C2. The first-order valence-corrected chi connectivity index (χ1v) is 10.1. The Balaban J connectivity index is 1.32. The summed E-state index contributed by atoms with van der Waals surface area (Å²) in [5.41, 5.74) is 1.18. The predicted octanol–water partition coefficient (Wildman–Crippen LogP) is 4.63. The molecule has 24 heavy (non-hydrogen) atoms. The minimum Gasteiger partial charge on any atom is -0.300 e. The highest BCUT2D eigenvalue weighted by Crippen LogP contribution is 2.44. The lowest BCUT2D eigenvalue weighted by Crippen LogP contribution is -2.25. The molecule has 0 spiro atoms. The van der Waals surface area contributed by atoms with E-state index in [9.17, 15) is 4.79 Å². The molecule has 2 bridgehead atoms. The maximum atomic E-state index is 12.4. The first-order chi connectivity index (χ1) is 11.7. The van der Waals surface area contributed by atoms with Crippen LogP contribution in [0.25, 0.3) is 0 Å². The summed E-state index contributed by atoms with van der Waals surface area (Å²) in [6.07, 6.45) is 6.51. The third-order valence-electron chi connectivity index (χ3n) is 4.53. The number of hydrogen-bond acceptors (Lipinski definition) is 5. The van der Waals surface area contributed by atoms with Crippen molar-refractivity contribution in [3.05, 3.63) is 47.0 Å². The van der Waals surface area contributed by atoms with Crippen molar-refractivity contribution in [1.29, 1.82) is 0 Å². The van der Waals surface area contributed by atoms with E-state index < -0.39 is 0 Å². The highest BCUT2D eigenvalue weighted by Gasteiger charge is 2.39. The molecule has 0 aliphatic heterocycles. The van der Waals surface area contributed by atoms with Gasteiger partial charge in [-0.2, -0.15) is 0 Å². The number of thioether (sulfide) groups is 1. The Morgan fingerprint density at radius 1 is 1.25 bits per heavy atom. The molecule has 0 unspecified atom stereocenters. The van der Waals surface area contributed by atoms with Crippen molar-refractivity contribution < 1.29 is 4.79 Å². The minimum atomic E-state index is 0.0808. The van der Waals surface area contributed by atoms with Crippen LogP contribution in [0.2, 0.25) is 5.02 Å². The maximum Gasteiger partial charge on any atom is 0.229 e. The van der Waals surface area contributed by atoms with Gasteiger partial charge in [-0.1, -0.05) is 59.0 Å². The van der Waals surface area contributed by atoms with Crippen LogP contribution >= 0.6 is 34.7 Å².